The molecule has 0 spiro atoms. The summed E-state index contributed by atoms with van der Waals surface area (Å²) in [6, 6.07) is 0. The van der Waals surface area contributed by atoms with E-state index in [0.717, 1.165) is 0 Å². The Morgan fingerprint density at radius 2 is 1.21 bits per heavy atom. The smallest absolute Gasteiger partial charge is 0.346 e. The SMILES string of the molecule is CCCCC(O)(SC(O)(CCCC)C(=O)O)C(=O)O. The topological polar surface area (TPSA) is 115 Å². The number of aliphatic carboxylic acids is 2. The minimum absolute atomic E-state index is 0.106. The van der Waals surface area contributed by atoms with Gasteiger partial charge in [-0.25, -0.2) is 9.59 Å². The van der Waals surface area contributed by atoms with Crippen molar-refractivity contribution in [3.8, 4) is 0 Å². The summed E-state index contributed by atoms with van der Waals surface area (Å²) in [5, 5.41) is 38.2. The van der Waals surface area contributed by atoms with Crippen LogP contribution >= 0.6 is 11.8 Å². The summed E-state index contributed by atoms with van der Waals surface area (Å²) in [5.74, 6) is -3.05. The number of carboxylic acid groups (broad SMARTS) is 2. The summed E-state index contributed by atoms with van der Waals surface area (Å²) in [6.07, 6.45) is 1.97. The second-order valence-electron chi connectivity index (χ2n) is 4.49. The molecule has 2 atom stereocenters. The largest absolute Gasteiger partial charge is 0.478 e. The lowest BCUT2D eigenvalue weighted by Gasteiger charge is -2.31. The predicted molar refractivity (Wildman–Crippen MR) is 71.8 cm³/mol. The van der Waals surface area contributed by atoms with Crippen molar-refractivity contribution in [1.82, 2.24) is 0 Å². The third-order valence-electron chi connectivity index (χ3n) is 2.74. The molecule has 0 aliphatic heterocycles. The Bertz CT molecular complexity index is 291. The highest BCUT2D eigenvalue weighted by atomic mass is 32.2. The van der Waals surface area contributed by atoms with Gasteiger partial charge < -0.3 is 20.4 Å². The zero-order valence-corrected chi connectivity index (χ0v) is 12.1. The minimum atomic E-state index is -2.28. The maximum absolute atomic E-state index is 11.1. The van der Waals surface area contributed by atoms with E-state index in [4.69, 9.17) is 10.2 Å². The molecule has 0 aliphatic rings. The molecule has 112 valence electrons. The molecule has 0 aliphatic carbocycles. The first-order chi connectivity index (χ1) is 8.72. The molecule has 6 nitrogen and oxygen atoms in total. The Labute approximate surface area is 116 Å². The monoisotopic (exact) mass is 294 g/mol. The van der Waals surface area contributed by atoms with E-state index in [-0.39, 0.29) is 24.6 Å². The molecule has 2 unspecified atom stereocenters. The second-order valence-corrected chi connectivity index (χ2v) is 6.04. The lowest BCUT2D eigenvalue weighted by atomic mass is 10.1. The van der Waals surface area contributed by atoms with E-state index in [1.807, 2.05) is 13.8 Å². The Kier molecular flexibility index (Phi) is 7.39. The predicted octanol–water partition coefficient (Wildman–Crippen LogP) is 1.65. The molecule has 0 radical (unpaired) electrons. The first-order valence-electron chi connectivity index (χ1n) is 6.33. The van der Waals surface area contributed by atoms with Crippen LogP contribution in [0.4, 0.5) is 0 Å². The van der Waals surface area contributed by atoms with Gasteiger partial charge in [-0.3, -0.25) is 0 Å². The Morgan fingerprint density at radius 1 is 0.895 bits per heavy atom. The highest BCUT2D eigenvalue weighted by Gasteiger charge is 2.48. The molecule has 0 heterocycles. The highest BCUT2D eigenvalue weighted by molar-refractivity contribution is 8.03. The lowest BCUT2D eigenvalue weighted by Crippen LogP contribution is -2.45. The maximum Gasteiger partial charge on any atom is 0.346 e. The van der Waals surface area contributed by atoms with Gasteiger partial charge in [0.05, 0.1) is 0 Å². The Balaban J connectivity index is 5.04. The Hall–Kier alpha value is -0.790. The maximum atomic E-state index is 11.1. The molecule has 0 aromatic rings. The zero-order valence-electron chi connectivity index (χ0n) is 11.3. The molecule has 0 saturated carbocycles. The molecule has 0 fully saturated rings. The molecule has 0 rings (SSSR count). The van der Waals surface area contributed by atoms with Crippen LogP contribution in [0.3, 0.4) is 0 Å². The van der Waals surface area contributed by atoms with Gasteiger partial charge in [-0.15, -0.1) is 0 Å². The number of rotatable bonds is 10. The molecule has 0 amide bonds. The van der Waals surface area contributed by atoms with Crippen LogP contribution in [0, 0.1) is 0 Å². The van der Waals surface area contributed by atoms with E-state index in [9.17, 15) is 19.8 Å². The van der Waals surface area contributed by atoms with E-state index in [2.05, 4.69) is 0 Å². The van der Waals surface area contributed by atoms with Crippen LogP contribution in [-0.4, -0.2) is 42.2 Å². The third-order valence-corrected chi connectivity index (χ3v) is 4.18. The first kappa shape index (κ1) is 18.2. The fraction of sp³-hybridized carbons (Fsp3) is 0.833. The van der Waals surface area contributed by atoms with E-state index in [1.165, 1.54) is 0 Å². The Morgan fingerprint density at radius 3 is 1.42 bits per heavy atom. The van der Waals surface area contributed by atoms with Gasteiger partial charge >= 0.3 is 11.9 Å². The van der Waals surface area contributed by atoms with Crippen LogP contribution in [0.15, 0.2) is 0 Å². The fourth-order valence-corrected chi connectivity index (χ4v) is 2.74. The quantitative estimate of drug-likeness (QED) is 0.453. The lowest BCUT2D eigenvalue weighted by molar-refractivity contribution is -0.152. The summed E-state index contributed by atoms with van der Waals surface area (Å²) >= 11 is 0.203. The van der Waals surface area contributed by atoms with Crippen molar-refractivity contribution in [3.63, 3.8) is 0 Å². The molecule has 7 heteroatoms. The molecule has 19 heavy (non-hydrogen) atoms. The molecule has 0 aromatic heterocycles. The molecular formula is C12H22O6S. The number of aliphatic hydroxyl groups is 2. The highest BCUT2D eigenvalue weighted by Crippen LogP contribution is 2.40. The van der Waals surface area contributed by atoms with Crippen LogP contribution in [0.2, 0.25) is 0 Å². The summed E-state index contributed by atoms with van der Waals surface area (Å²) in [5.41, 5.74) is 0. The van der Waals surface area contributed by atoms with Gasteiger partial charge in [-0.05, 0) is 25.7 Å². The normalized spacial score (nSPS) is 17.5. The number of carbonyl (C=O) groups is 2. The summed E-state index contributed by atoms with van der Waals surface area (Å²) in [7, 11) is 0. The standard InChI is InChI=1S/C12H22O6S/c1-3-5-7-11(17,9(13)14)19-12(18,10(15)16)8-6-4-2/h17-18H,3-8H2,1-2H3,(H,13,14)(H,15,16). The minimum Gasteiger partial charge on any atom is -0.478 e. The van der Waals surface area contributed by atoms with Gasteiger partial charge in [0.1, 0.15) is 0 Å². The molecule has 4 N–H and O–H groups in total. The molecular weight excluding hydrogens is 272 g/mol. The van der Waals surface area contributed by atoms with E-state index >= 15 is 0 Å². The number of thioether (sulfide) groups is 1. The van der Waals surface area contributed by atoms with Crippen LogP contribution in [0.1, 0.15) is 52.4 Å². The average Bonchev–Trinajstić information content (AvgIpc) is 2.33. The van der Waals surface area contributed by atoms with Gasteiger partial charge in [0.15, 0.2) is 0 Å². The van der Waals surface area contributed by atoms with Crippen LogP contribution < -0.4 is 0 Å². The van der Waals surface area contributed by atoms with Crippen molar-refractivity contribution in [3.05, 3.63) is 0 Å². The van der Waals surface area contributed by atoms with Crippen molar-refractivity contribution in [2.45, 2.75) is 62.2 Å². The molecule has 0 saturated heterocycles. The zero-order chi connectivity index (χ0) is 15.1. The van der Waals surface area contributed by atoms with E-state index < -0.39 is 21.8 Å². The average molecular weight is 294 g/mol. The fourth-order valence-electron chi connectivity index (χ4n) is 1.52. The van der Waals surface area contributed by atoms with Gasteiger partial charge in [0, 0.05) is 0 Å². The van der Waals surface area contributed by atoms with Crippen LogP contribution in [-0.2, 0) is 9.59 Å². The van der Waals surface area contributed by atoms with Crippen LogP contribution in [0.5, 0.6) is 0 Å². The van der Waals surface area contributed by atoms with E-state index in [0.29, 0.717) is 25.7 Å². The van der Waals surface area contributed by atoms with Crippen molar-refractivity contribution in [2.75, 3.05) is 0 Å². The summed E-state index contributed by atoms with van der Waals surface area (Å²) in [4.78, 5) is 17.7. The second kappa shape index (κ2) is 7.72. The van der Waals surface area contributed by atoms with Gasteiger partial charge in [-0.2, -0.15) is 0 Å². The number of unbranched alkanes of at least 4 members (excludes halogenated alkanes) is 2. The van der Waals surface area contributed by atoms with Crippen molar-refractivity contribution in [2.24, 2.45) is 0 Å². The van der Waals surface area contributed by atoms with Crippen molar-refractivity contribution in [1.29, 1.82) is 0 Å². The number of hydrogen-bond acceptors (Lipinski definition) is 5. The van der Waals surface area contributed by atoms with Gasteiger partial charge in [-0.1, -0.05) is 38.5 Å². The van der Waals surface area contributed by atoms with Gasteiger partial charge in [0.25, 0.3) is 0 Å². The molecule has 0 bridgehead atoms. The number of hydrogen-bond donors (Lipinski definition) is 4. The van der Waals surface area contributed by atoms with Gasteiger partial charge in [0.2, 0.25) is 9.87 Å². The summed E-state index contributed by atoms with van der Waals surface area (Å²) in [6.45, 7) is 3.65. The molecule has 0 aromatic carbocycles. The van der Waals surface area contributed by atoms with Crippen LogP contribution in [0.25, 0.3) is 0 Å². The van der Waals surface area contributed by atoms with Crippen molar-refractivity contribution < 1.29 is 30.0 Å². The van der Waals surface area contributed by atoms with Crippen molar-refractivity contribution >= 4 is 23.7 Å². The summed E-state index contributed by atoms with van der Waals surface area (Å²) < 4.78 is 0. The van der Waals surface area contributed by atoms with E-state index in [1.54, 1.807) is 0 Å². The third kappa shape index (κ3) is 5.38. The number of carboxylic acids is 2. The first-order valence-corrected chi connectivity index (χ1v) is 7.15.